The molecule has 0 spiro atoms. The molecule has 33 heavy (non-hydrogen) atoms. The van der Waals surface area contributed by atoms with E-state index in [-0.39, 0.29) is 12.0 Å². The molecule has 0 radical (unpaired) electrons. The number of hydrogen-bond acceptors (Lipinski definition) is 5. The second-order valence-corrected chi connectivity index (χ2v) is 8.78. The minimum atomic E-state index is -0.559. The zero-order valence-corrected chi connectivity index (χ0v) is 19.3. The van der Waals surface area contributed by atoms with Gasteiger partial charge in [0.15, 0.2) is 0 Å². The van der Waals surface area contributed by atoms with Crippen LogP contribution >= 0.6 is 0 Å². The van der Waals surface area contributed by atoms with Crippen LogP contribution in [0, 0.1) is 5.41 Å². The number of carbonyl (C=O) groups excluding carboxylic acids is 2. The molecule has 2 aromatic rings. The van der Waals surface area contributed by atoms with Crippen molar-refractivity contribution in [2.24, 2.45) is 5.41 Å². The summed E-state index contributed by atoms with van der Waals surface area (Å²) < 4.78 is 11.4. The number of ether oxygens (including phenoxy) is 2. The molecule has 2 fully saturated rings. The van der Waals surface area contributed by atoms with Crippen molar-refractivity contribution in [2.45, 2.75) is 32.7 Å². The second-order valence-electron chi connectivity index (χ2n) is 8.78. The first kappa shape index (κ1) is 23.1. The Balaban J connectivity index is 1.40. The van der Waals surface area contributed by atoms with Crippen LogP contribution in [-0.2, 0) is 16.1 Å². The first-order valence-corrected chi connectivity index (χ1v) is 11.8. The van der Waals surface area contributed by atoms with Crippen molar-refractivity contribution in [1.29, 1.82) is 0 Å². The highest BCUT2D eigenvalue weighted by Gasteiger charge is 2.43. The minimum Gasteiger partial charge on any atom is -0.494 e. The Labute approximate surface area is 195 Å². The number of anilines is 1. The van der Waals surface area contributed by atoms with Gasteiger partial charge in [-0.3, -0.25) is 14.6 Å². The molecule has 1 N–H and O–H groups in total. The van der Waals surface area contributed by atoms with E-state index in [1.807, 2.05) is 49.4 Å². The maximum Gasteiger partial charge on any atom is 0.321 e. The first-order valence-electron chi connectivity index (χ1n) is 11.8. The molecule has 1 unspecified atom stereocenters. The van der Waals surface area contributed by atoms with Gasteiger partial charge in [-0.15, -0.1) is 0 Å². The summed E-state index contributed by atoms with van der Waals surface area (Å²) in [4.78, 5) is 29.0. The van der Waals surface area contributed by atoms with Gasteiger partial charge >= 0.3 is 12.0 Å². The molecule has 2 aliphatic rings. The number of benzene rings is 2. The molecule has 2 heterocycles. The molecule has 7 heteroatoms. The third kappa shape index (κ3) is 5.66. The van der Waals surface area contributed by atoms with E-state index in [0.29, 0.717) is 39.3 Å². The van der Waals surface area contributed by atoms with Gasteiger partial charge in [0.2, 0.25) is 0 Å². The number of nitrogens with zero attached hydrogens (tertiary/aromatic N) is 2. The molecular weight excluding hydrogens is 418 g/mol. The molecule has 2 aliphatic heterocycles. The topological polar surface area (TPSA) is 71.1 Å². The van der Waals surface area contributed by atoms with Gasteiger partial charge in [-0.1, -0.05) is 30.3 Å². The van der Waals surface area contributed by atoms with Crippen molar-refractivity contribution in [3.63, 3.8) is 0 Å². The molecule has 4 rings (SSSR count). The van der Waals surface area contributed by atoms with Gasteiger partial charge in [0.05, 0.1) is 18.6 Å². The molecule has 2 saturated heterocycles. The van der Waals surface area contributed by atoms with E-state index in [0.717, 1.165) is 37.4 Å². The lowest BCUT2D eigenvalue weighted by Crippen LogP contribution is -2.49. The Morgan fingerprint density at radius 3 is 2.58 bits per heavy atom. The second kappa shape index (κ2) is 10.7. The van der Waals surface area contributed by atoms with Gasteiger partial charge < -0.3 is 14.8 Å². The molecule has 2 aromatic carbocycles. The van der Waals surface area contributed by atoms with Crippen LogP contribution in [0.15, 0.2) is 54.6 Å². The largest absolute Gasteiger partial charge is 0.494 e. The molecule has 2 amide bonds. The van der Waals surface area contributed by atoms with E-state index in [1.165, 1.54) is 5.56 Å². The zero-order valence-electron chi connectivity index (χ0n) is 19.3. The summed E-state index contributed by atoms with van der Waals surface area (Å²) in [6.07, 6.45) is 2.37. The fourth-order valence-corrected chi connectivity index (χ4v) is 4.76. The zero-order chi connectivity index (χ0) is 23.1. The van der Waals surface area contributed by atoms with Gasteiger partial charge in [0, 0.05) is 31.9 Å². The molecular formula is C26H33N3O4. The number of hydrogen-bond donors (Lipinski definition) is 1. The Bertz CT molecular complexity index is 934. The number of para-hydroxylation sites is 1. The van der Waals surface area contributed by atoms with E-state index in [4.69, 9.17) is 9.47 Å². The van der Waals surface area contributed by atoms with E-state index in [9.17, 15) is 9.59 Å². The molecule has 0 bridgehead atoms. The molecule has 0 aromatic heterocycles. The van der Waals surface area contributed by atoms with Crippen molar-refractivity contribution in [3.8, 4) is 5.75 Å². The highest BCUT2D eigenvalue weighted by atomic mass is 16.5. The Kier molecular flexibility index (Phi) is 7.50. The minimum absolute atomic E-state index is 0.0456. The molecule has 0 saturated carbocycles. The van der Waals surface area contributed by atoms with Crippen LogP contribution in [0.5, 0.6) is 5.75 Å². The van der Waals surface area contributed by atoms with Crippen LogP contribution in [0.1, 0.15) is 31.7 Å². The summed E-state index contributed by atoms with van der Waals surface area (Å²) in [6, 6.07) is 17.8. The fourth-order valence-electron chi connectivity index (χ4n) is 4.76. The number of carbonyl (C=O) groups is 2. The number of nitrogens with one attached hydrogen (secondary N) is 1. The Morgan fingerprint density at radius 2 is 1.88 bits per heavy atom. The molecule has 1 atom stereocenters. The maximum absolute atomic E-state index is 13.0. The summed E-state index contributed by atoms with van der Waals surface area (Å²) in [5.74, 6) is 0.692. The summed E-state index contributed by atoms with van der Waals surface area (Å²) in [5, 5.41) is 2.83. The smallest absolute Gasteiger partial charge is 0.321 e. The van der Waals surface area contributed by atoms with Gasteiger partial charge in [0.25, 0.3) is 0 Å². The number of amides is 2. The number of likely N-dealkylation sites (tertiary alicyclic amines) is 1. The van der Waals surface area contributed by atoms with Crippen LogP contribution in [0.25, 0.3) is 0 Å². The average Bonchev–Trinajstić information content (AvgIpc) is 3.26. The predicted octanol–water partition coefficient (Wildman–Crippen LogP) is 3.83. The molecule has 0 aliphatic carbocycles. The predicted molar refractivity (Wildman–Crippen MR) is 127 cm³/mol. The van der Waals surface area contributed by atoms with Crippen molar-refractivity contribution >= 4 is 17.7 Å². The first-order chi connectivity index (χ1) is 16.1. The van der Waals surface area contributed by atoms with Crippen molar-refractivity contribution in [1.82, 2.24) is 10.2 Å². The van der Waals surface area contributed by atoms with Gasteiger partial charge in [-0.25, -0.2) is 4.79 Å². The lowest BCUT2D eigenvalue weighted by atomic mass is 9.77. The van der Waals surface area contributed by atoms with Crippen LogP contribution in [0.4, 0.5) is 10.5 Å². The van der Waals surface area contributed by atoms with Gasteiger partial charge in [-0.05, 0) is 62.6 Å². The molecule has 176 valence electrons. The standard InChI is InChI=1S/C26H33N3O4/c1-2-32-24(30)26(14-18-33-23-7-4-3-5-8-23)13-6-16-28(20-26)19-21-9-11-22(12-10-21)29-17-15-27-25(29)31/h3-5,7-12H,2,6,13-20H2,1H3,(H,27,31). The summed E-state index contributed by atoms with van der Waals surface area (Å²) in [7, 11) is 0. The number of piperidine rings is 1. The summed E-state index contributed by atoms with van der Waals surface area (Å²) >= 11 is 0. The Hall–Kier alpha value is -3.06. The highest BCUT2D eigenvalue weighted by molar-refractivity contribution is 5.93. The highest BCUT2D eigenvalue weighted by Crippen LogP contribution is 2.36. The maximum atomic E-state index is 13.0. The summed E-state index contributed by atoms with van der Waals surface area (Å²) in [6.45, 7) is 6.43. The van der Waals surface area contributed by atoms with Crippen molar-refractivity contribution in [2.75, 3.05) is 44.3 Å². The lowest BCUT2D eigenvalue weighted by molar-refractivity contribution is -0.160. The van der Waals surface area contributed by atoms with Gasteiger partial charge in [-0.2, -0.15) is 0 Å². The average molecular weight is 452 g/mol. The van der Waals surface area contributed by atoms with Crippen molar-refractivity contribution in [3.05, 3.63) is 60.2 Å². The lowest BCUT2D eigenvalue weighted by Gasteiger charge is -2.41. The Morgan fingerprint density at radius 1 is 1.09 bits per heavy atom. The number of rotatable bonds is 9. The van der Waals surface area contributed by atoms with E-state index < -0.39 is 5.41 Å². The normalized spacial score (nSPS) is 21.0. The van der Waals surface area contributed by atoms with E-state index >= 15 is 0 Å². The molecule has 7 nitrogen and oxygen atoms in total. The van der Waals surface area contributed by atoms with Crippen LogP contribution in [0.2, 0.25) is 0 Å². The SMILES string of the molecule is CCOC(=O)C1(CCOc2ccccc2)CCCN(Cc2ccc(N3CCNC3=O)cc2)C1. The monoisotopic (exact) mass is 451 g/mol. The van der Waals surface area contributed by atoms with Crippen LogP contribution in [0.3, 0.4) is 0 Å². The third-order valence-electron chi connectivity index (χ3n) is 6.47. The van der Waals surface area contributed by atoms with Crippen LogP contribution < -0.4 is 15.0 Å². The van der Waals surface area contributed by atoms with E-state index in [2.05, 4.69) is 22.3 Å². The van der Waals surface area contributed by atoms with Crippen molar-refractivity contribution < 1.29 is 19.1 Å². The quantitative estimate of drug-likeness (QED) is 0.587. The number of urea groups is 1. The summed E-state index contributed by atoms with van der Waals surface area (Å²) in [5.41, 5.74) is 1.52. The fraction of sp³-hybridized carbons (Fsp3) is 0.462. The van der Waals surface area contributed by atoms with Crippen LogP contribution in [-0.4, -0.2) is 56.3 Å². The number of esters is 1. The third-order valence-corrected chi connectivity index (χ3v) is 6.47. The van der Waals surface area contributed by atoms with E-state index in [1.54, 1.807) is 4.90 Å². The van der Waals surface area contributed by atoms with Gasteiger partial charge in [0.1, 0.15) is 5.75 Å².